The van der Waals surface area contributed by atoms with Crippen molar-refractivity contribution in [3.63, 3.8) is 0 Å². The highest BCUT2D eigenvalue weighted by molar-refractivity contribution is 5.69. The van der Waals surface area contributed by atoms with Crippen LogP contribution in [0.4, 0.5) is 4.79 Å². The number of aliphatic hydroxyl groups excluding tert-OH is 1. The van der Waals surface area contributed by atoms with Crippen LogP contribution < -0.4 is 0 Å². The zero-order chi connectivity index (χ0) is 10.8. The van der Waals surface area contributed by atoms with Gasteiger partial charge in [0.15, 0.2) is 0 Å². The van der Waals surface area contributed by atoms with E-state index in [0.717, 1.165) is 4.68 Å². The van der Waals surface area contributed by atoms with E-state index in [1.165, 1.54) is 6.20 Å². The third-order valence-electron chi connectivity index (χ3n) is 1.39. The summed E-state index contributed by atoms with van der Waals surface area (Å²) in [5, 5.41) is 12.5. The molecule has 78 valence electrons. The van der Waals surface area contributed by atoms with Crippen molar-refractivity contribution in [2.75, 3.05) is 0 Å². The first-order valence-electron chi connectivity index (χ1n) is 4.31. The van der Waals surface area contributed by atoms with Crippen molar-refractivity contribution < 1.29 is 14.6 Å². The molecule has 0 fully saturated rings. The Morgan fingerprint density at radius 2 is 2.29 bits per heavy atom. The van der Waals surface area contributed by atoms with Crippen LogP contribution >= 0.6 is 0 Å². The van der Waals surface area contributed by atoms with Gasteiger partial charge in [-0.05, 0) is 26.8 Å². The average Bonchev–Trinajstić information content (AvgIpc) is 2.48. The maximum absolute atomic E-state index is 11.4. The summed E-state index contributed by atoms with van der Waals surface area (Å²) in [7, 11) is 0. The first-order chi connectivity index (χ1) is 6.42. The minimum absolute atomic E-state index is 0.185. The van der Waals surface area contributed by atoms with E-state index in [1.54, 1.807) is 26.8 Å². The molecule has 14 heavy (non-hydrogen) atoms. The smallest absolute Gasteiger partial charge is 0.435 e. The second-order valence-electron chi connectivity index (χ2n) is 3.89. The second kappa shape index (κ2) is 3.79. The molecule has 0 atom stereocenters. The predicted molar refractivity (Wildman–Crippen MR) is 49.8 cm³/mol. The van der Waals surface area contributed by atoms with Gasteiger partial charge in [-0.25, -0.2) is 4.79 Å². The van der Waals surface area contributed by atoms with Crippen molar-refractivity contribution in [2.24, 2.45) is 0 Å². The number of hydrogen-bond donors (Lipinski definition) is 1. The van der Waals surface area contributed by atoms with Crippen LogP contribution in [0.3, 0.4) is 0 Å². The molecule has 1 rings (SSSR count). The van der Waals surface area contributed by atoms with Crippen LogP contribution in [-0.2, 0) is 11.3 Å². The van der Waals surface area contributed by atoms with Gasteiger partial charge in [-0.15, -0.1) is 0 Å². The Morgan fingerprint density at radius 1 is 1.64 bits per heavy atom. The molecule has 0 unspecified atom stereocenters. The standard InChI is InChI=1S/C9H14N2O3/c1-9(2,3)14-8(13)11-5-4-7(6-12)10-11/h4-5,12H,6H2,1-3H3. The lowest BCUT2D eigenvalue weighted by Crippen LogP contribution is -2.27. The van der Waals surface area contributed by atoms with Gasteiger partial charge in [0.25, 0.3) is 0 Å². The quantitative estimate of drug-likeness (QED) is 0.735. The molecule has 1 N–H and O–H groups in total. The number of aromatic nitrogens is 2. The second-order valence-corrected chi connectivity index (χ2v) is 3.89. The lowest BCUT2D eigenvalue weighted by Gasteiger charge is -2.18. The average molecular weight is 198 g/mol. The molecule has 5 nitrogen and oxygen atoms in total. The normalized spacial score (nSPS) is 11.4. The van der Waals surface area contributed by atoms with Gasteiger partial charge in [0.2, 0.25) is 0 Å². The van der Waals surface area contributed by atoms with Crippen LogP contribution in [-0.4, -0.2) is 26.6 Å². The number of carbonyl (C=O) groups is 1. The van der Waals surface area contributed by atoms with E-state index in [4.69, 9.17) is 9.84 Å². The topological polar surface area (TPSA) is 64.3 Å². The van der Waals surface area contributed by atoms with E-state index < -0.39 is 11.7 Å². The summed E-state index contributed by atoms with van der Waals surface area (Å²) in [5.41, 5.74) is -0.0987. The van der Waals surface area contributed by atoms with E-state index in [0.29, 0.717) is 5.69 Å². The maximum Gasteiger partial charge on any atom is 0.435 e. The minimum Gasteiger partial charge on any atom is -0.442 e. The molecule has 0 bridgehead atoms. The molecule has 0 aliphatic rings. The lowest BCUT2D eigenvalue weighted by molar-refractivity contribution is 0.0513. The van der Waals surface area contributed by atoms with Gasteiger partial charge in [-0.1, -0.05) is 0 Å². The molecule has 1 aromatic rings. The third-order valence-corrected chi connectivity index (χ3v) is 1.39. The molecular weight excluding hydrogens is 184 g/mol. The van der Waals surface area contributed by atoms with Gasteiger partial charge in [0.05, 0.1) is 12.3 Å². The van der Waals surface area contributed by atoms with Gasteiger partial charge >= 0.3 is 6.09 Å². The van der Waals surface area contributed by atoms with Crippen LogP contribution in [0, 0.1) is 0 Å². The highest BCUT2D eigenvalue weighted by Gasteiger charge is 2.18. The van der Waals surface area contributed by atoms with Gasteiger partial charge < -0.3 is 9.84 Å². The largest absolute Gasteiger partial charge is 0.442 e. The summed E-state index contributed by atoms with van der Waals surface area (Å²) < 4.78 is 6.13. The fourth-order valence-electron chi connectivity index (χ4n) is 0.856. The van der Waals surface area contributed by atoms with Crippen LogP contribution in [0.2, 0.25) is 0 Å². The van der Waals surface area contributed by atoms with Crippen molar-refractivity contribution in [2.45, 2.75) is 33.0 Å². The van der Waals surface area contributed by atoms with Crippen molar-refractivity contribution in [3.8, 4) is 0 Å². The van der Waals surface area contributed by atoms with Gasteiger partial charge in [0.1, 0.15) is 5.60 Å². The van der Waals surface area contributed by atoms with Gasteiger partial charge in [-0.2, -0.15) is 9.78 Å². The fraction of sp³-hybridized carbons (Fsp3) is 0.556. The highest BCUT2D eigenvalue weighted by atomic mass is 16.6. The summed E-state index contributed by atoms with van der Waals surface area (Å²) >= 11 is 0. The summed E-state index contributed by atoms with van der Waals surface area (Å²) in [5.74, 6) is 0. The van der Waals surface area contributed by atoms with Crippen molar-refractivity contribution in [1.29, 1.82) is 0 Å². The minimum atomic E-state index is -0.544. The summed E-state index contributed by atoms with van der Waals surface area (Å²) in [4.78, 5) is 11.4. The van der Waals surface area contributed by atoms with Gasteiger partial charge in [-0.3, -0.25) is 0 Å². The molecule has 0 aliphatic carbocycles. The number of rotatable bonds is 1. The Hall–Kier alpha value is -1.36. The van der Waals surface area contributed by atoms with Crippen LogP contribution in [0.1, 0.15) is 26.5 Å². The van der Waals surface area contributed by atoms with E-state index in [2.05, 4.69) is 5.10 Å². The lowest BCUT2D eigenvalue weighted by atomic mass is 10.2. The van der Waals surface area contributed by atoms with Crippen LogP contribution in [0.15, 0.2) is 12.3 Å². The molecule has 0 aromatic carbocycles. The van der Waals surface area contributed by atoms with E-state index in [-0.39, 0.29) is 6.61 Å². The zero-order valence-corrected chi connectivity index (χ0v) is 8.52. The molecule has 0 aliphatic heterocycles. The summed E-state index contributed by atoms with van der Waals surface area (Å²) in [6.45, 7) is 5.15. The molecular formula is C9H14N2O3. The molecule has 0 spiro atoms. The summed E-state index contributed by atoms with van der Waals surface area (Å²) in [6.07, 6.45) is 0.914. The number of carbonyl (C=O) groups excluding carboxylic acids is 1. The Kier molecular flexibility index (Phi) is 2.90. The molecule has 1 aromatic heterocycles. The van der Waals surface area contributed by atoms with Crippen molar-refractivity contribution >= 4 is 6.09 Å². The first kappa shape index (κ1) is 10.7. The van der Waals surface area contributed by atoms with Crippen molar-refractivity contribution in [3.05, 3.63) is 18.0 Å². The Labute approximate surface area is 82.3 Å². The van der Waals surface area contributed by atoms with E-state index in [1.807, 2.05) is 0 Å². The molecule has 5 heteroatoms. The fourth-order valence-corrected chi connectivity index (χ4v) is 0.856. The summed E-state index contributed by atoms with van der Waals surface area (Å²) in [6, 6.07) is 1.56. The Bertz CT molecular complexity index is 325. The Balaban J connectivity index is 2.70. The molecule has 0 saturated carbocycles. The van der Waals surface area contributed by atoms with Crippen LogP contribution in [0.25, 0.3) is 0 Å². The number of nitrogens with zero attached hydrogens (tertiary/aromatic N) is 2. The number of hydrogen-bond acceptors (Lipinski definition) is 4. The molecule has 0 radical (unpaired) electrons. The van der Waals surface area contributed by atoms with Crippen molar-refractivity contribution in [1.82, 2.24) is 9.78 Å². The number of ether oxygens (including phenoxy) is 1. The highest BCUT2D eigenvalue weighted by Crippen LogP contribution is 2.08. The molecule has 0 amide bonds. The number of aliphatic hydroxyl groups is 1. The Morgan fingerprint density at radius 3 is 2.71 bits per heavy atom. The SMILES string of the molecule is CC(C)(C)OC(=O)n1ccc(CO)n1. The van der Waals surface area contributed by atoms with Gasteiger partial charge in [0, 0.05) is 6.20 Å². The first-order valence-corrected chi connectivity index (χ1v) is 4.31. The maximum atomic E-state index is 11.4. The predicted octanol–water partition coefficient (Wildman–Crippen LogP) is 1.16. The zero-order valence-electron chi connectivity index (χ0n) is 8.52. The monoisotopic (exact) mass is 198 g/mol. The van der Waals surface area contributed by atoms with Crippen LogP contribution in [0.5, 0.6) is 0 Å². The van der Waals surface area contributed by atoms with E-state index in [9.17, 15) is 4.79 Å². The third kappa shape index (κ3) is 2.85. The van der Waals surface area contributed by atoms with E-state index >= 15 is 0 Å². The molecule has 0 saturated heterocycles. The molecule has 1 heterocycles.